The number of rotatable bonds is 35. The van der Waals surface area contributed by atoms with Crippen molar-refractivity contribution in [3.8, 4) is 22.6 Å². The Kier molecular flexibility index (Phi) is 24.4. The molecule has 3 heterocycles. The number of anilines is 1. The van der Waals surface area contributed by atoms with E-state index in [0.717, 1.165) is 44.6 Å². The number of hydrogen-bond acceptors (Lipinski definition) is 16. The highest BCUT2D eigenvalue weighted by atomic mass is 32.2. The Morgan fingerprint density at radius 1 is 0.727 bits per heavy atom. The first-order chi connectivity index (χ1) is 37.2. The van der Waals surface area contributed by atoms with Crippen LogP contribution in [0.5, 0.6) is 0 Å². The van der Waals surface area contributed by atoms with Crippen LogP contribution in [-0.2, 0) is 72.6 Å². The molecule has 6 rings (SSSR count). The summed E-state index contributed by atoms with van der Waals surface area (Å²) in [7, 11) is -1.22. The number of hydroxylamine groups is 2. The van der Waals surface area contributed by atoms with Gasteiger partial charge in [0.05, 0.1) is 90.2 Å². The predicted octanol–water partition coefficient (Wildman–Crippen LogP) is 6.63. The second-order valence-electron chi connectivity index (χ2n) is 18.9. The average molecular weight is 1090 g/mol. The van der Waals surface area contributed by atoms with Gasteiger partial charge in [0.15, 0.2) is 13.1 Å². The molecule has 1 aliphatic carbocycles. The van der Waals surface area contributed by atoms with Gasteiger partial charge in [0.2, 0.25) is 5.36 Å². The smallest absolute Gasteiger partial charge is 0.333 e. The second-order valence-corrected chi connectivity index (χ2v) is 20.3. The molecule has 0 unspecified atom stereocenters. The van der Waals surface area contributed by atoms with Gasteiger partial charge in [-0.1, -0.05) is 62.8 Å². The van der Waals surface area contributed by atoms with Crippen LogP contribution in [0.3, 0.4) is 0 Å². The number of fused-ring (bicyclic) bond motifs is 2. The first-order valence-electron chi connectivity index (χ1n) is 26.2. The summed E-state index contributed by atoms with van der Waals surface area (Å²) in [5.74, 6) is -0.316. The van der Waals surface area contributed by atoms with Crippen molar-refractivity contribution in [3.63, 3.8) is 0 Å². The Labute approximate surface area is 452 Å². The molecule has 0 saturated carbocycles. The molecule has 4 aliphatic rings. The number of allylic oxidation sites excluding steroid dienone is 3. The van der Waals surface area contributed by atoms with Gasteiger partial charge in [-0.25, -0.2) is 9.37 Å². The molecule has 0 radical (unpaired) electrons. The monoisotopic (exact) mass is 1090 g/mol. The summed E-state index contributed by atoms with van der Waals surface area (Å²) >= 11 is 0. The zero-order valence-electron chi connectivity index (χ0n) is 45.2. The van der Waals surface area contributed by atoms with Gasteiger partial charge in [0.1, 0.15) is 24.7 Å². The summed E-state index contributed by atoms with van der Waals surface area (Å²) < 4.78 is 88.2. The third-order valence-electron chi connectivity index (χ3n) is 13.1. The van der Waals surface area contributed by atoms with E-state index in [1.165, 1.54) is 12.1 Å². The van der Waals surface area contributed by atoms with Crippen molar-refractivity contribution in [2.45, 2.75) is 69.6 Å². The maximum atomic E-state index is 12.5. The van der Waals surface area contributed by atoms with Crippen LogP contribution in [0.1, 0.15) is 69.1 Å². The normalized spacial score (nSPS) is 15.0. The Hall–Kier alpha value is -5.65. The molecule has 0 atom stereocenters. The van der Waals surface area contributed by atoms with Crippen LogP contribution in [0.4, 0.5) is 5.69 Å². The van der Waals surface area contributed by atoms with Gasteiger partial charge >= 0.3 is 5.97 Å². The molecule has 2 aromatic rings. The molecule has 1 fully saturated rings. The zero-order valence-corrected chi connectivity index (χ0v) is 46.0. The first kappa shape index (κ1) is 60.6. The molecule has 77 heavy (non-hydrogen) atoms. The van der Waals surface area contributed by atoms with E-state index in [1.54, 1.807) is 20.3 Å². The van der Waals surface area contributed by atoms with Crippen LogP contribution in [0, 0.1) is 6.92 Å². The fraction of sp³-hybridized carbons (Fsp3) is 0.509. The lowest BCUT2D eigenvalue weighted by atomic mass is 9.83. The zero-order chi connectivity index (χ0) is 55.0. The molecule has 0 bridgehead atoms. The number of carbonyl (C=O) groups is 3. The van der Waals surface area contributed by atoms with E-state index in [1.807, 2.05) is 69.3 Å². The van der Waals surface area contributed by atoms with Gasteiger partial charge in [-0.2, -0.15) is 8.42 Å². The SMILES string of the molecule is COCCOCCOCCOCC[N+](CCOCCOCCOCCOC)=c1ccc2c(/C=C/C=C3\N(CCCCCC(=O)ON4C(=O)CCC4=O)c4ccc(S(=O)(=O)O)cc4C3(C)C)c(C)c(-c3ccccc3)oc-2c1. The fourth-order valence-corrected chi connectivity index (χ4v) is 9.51. The van der Waals surface area contributed by atoms with E-state index >= 15 is 0 Å². The lowest BCUT2D eigenvalue weighted by Crippen LogP contribution is -2.36. The average Bonchev–Trinajstić information content (AvgIpc) is 3.91. The number of imide groups is 1. The number of methoxy groups -OCH3 is 2. The summed E-state index contributed by atoms with van der Waals surface area (Å²) in [6.07, 6.45) is 7.90. The molecule has 2 amide bonds. The summed E-state index contributed by atoms with van der Waals surface area (Å²) in [5, 5.41) is 1.48. The standard InChI is InChI=1S/C57H75N3O16S/c1-43-47(15-12-16-52-57(2,3)49-42-46(77(64,65)66)19-21-50(49)59(52)24-11-7-10-17-55(63)76-60-53(61)22-23-54(60)62)48-20-18-45(41-51(48)75-56(43)44-13-8-6-9-14-44)58(25-27-69-33-35-73-39-37-71-31-29-67-4)26-28-70-34-36-74-40-38-72-32-30-68-5/h6,8-9,12-16,18-21,41-42H,7,10-11,17,22-40H2,1-5H3/p+1. The molecule has 20 heteroatoms. The van der Waals surface area contributed by atoms with Gasteiger partial charge in [0.25, 0.3) is 21.9 Å². The maximum absolute atomic E-state index is 12.5. The number of amides is 2. The van der Waals surface area contributed by atoms with Gasteiger partial charge < -0.3 is 52.0 Å². The number of benzene rings is 3. The van der Waals surface area contributed by atoms with Gasteiger partial charge in [-0.05, 0) is 61.2 Å². The Bertz CT molecular complexity index is 2710. The van der Waals surface area contributed by atoms with Crippen molar-refractivity contribution >= 4 is 39.7 Å². The van der Waals surface area contributed by atoms with E-state index in [0.29, 0.717) is 148 Å². The van der Waals surface area contributed by atoms with Crippen LogP contribution in [0.25, 0.3) is 28.7 Å². The fourth-order valence-electron chi connectivity index (χ4n) is 9.01. The molecule has 2 aromatic carbocycles. The number of nitrogens with zero attached hydrogens (tertiary/aromatic N) is 3. The van der Waals surface area contributed by atoms with Crippen molar-refractivity contribution in [2.24, 2.45) is 0 Å². The summed E-state index contributed by atoms with van der Waals surface area (Å²) in [6.45, 7) is 14.3. The molecule has 3 aliphatic heterocycles. The van der Waals surface area contributed by atoms with Crippen LogP contribution in [0.15, 0.2) is 93.9 Å². The predicted molar refractivity (Wildman–Crippen MR) is 289 cm³/mol. The van der Waals surface area contributed by atoms with Crippen LogP contribution < -0.4 is 14.8 Å². The van der Waals surface area contributed by atoms with Gasteiger partial charge in [-0.15, -0.1) is 5.06 Å². The van der Waals surface area contributed by atoms with Crippen molar-refractivity contribution < 1.29 is 74.5 Å². The van der Waals surface area contributed by atoms with E-state index in [2.05, 4.69) is 27.7 Å². The Morgan fingerprint density at radius 3 is 1.87 bits per heavy atom. The first-order valence-corrected chi connectivity index (χ1v) is 27.7. The third-order valence-corrected chi connectivity index (χ3v) is 14.0. The lowest BCUT2D eigenvalue weighted by molar-refractivity contribution is -0.197. The topological polar surface area (TPSA) is 211 Å². The minimum absolute atomic E-state index is 0.0226. The number of ether oxygens (including phenoxy) is 8. The highest BCUT2D eigenvalue weighted by Crippen LogP contribution is 2.49. The molecular weight excluding hydrogens is 1010 g/mol. The van der Waals surface area contributed by atoms with Crippen LogP contribution >= 0.6 is 0 Å². The van der Waals surface area contributed by atoms with E-state index in [9.17, 15) is 27.4 Å². The van der Waals surface area contributed by atoms with Crippen LogP contribution in [-0.4, -0.2) is 162 Å². The van der Waals surface area contributed by atoms with Crippen molar-refractivity contribution in [1.29, 1.82) is 0 Å². The summed E-state index contributed by atoms with van der Waals surface area (Å²) in [5.41, 5.74) is 5.41. The molecule has 0 aromatic heterocycles. The van der Waals surface area contributed by atoms with E-state index in [-0.39, 0.29) is 24.2 Å². The maximum Gasteiger partial charge on any atom is 0.333 e. The number of unbranched alkanes of at least 4 members (excludes halogenated alkanes) is 2. The quantitative estimate of drug-likeness (QED) is 0.0222. The highest BCUT2D eigenvalue weighted by molar-refractivity contribution is 7.85. The van der Waals surface area contributed by atoms with Gasteiger partial charge in [0, 0.05) is 79.6 Å². The minimum Gasteiger partial charge on any atom is -0.456 e. The number of carbonyl (C=O) groups excluding carboxylic acids is 3. The van der Waals surface area contributed by atoms with Crippen molar-refractivity contribution in [2.75, 3.05) is 131 Å². The molecular formula is C57H76N3O16S+. The highest BCUT2D eigenvalue weighted by Gasteiger charge is 2.40. The summed E-state index contributed by atoms with van der Waals surface area (Å²) in [6, 6.07) is 20.8. The molecule has 0 spiro atoms. The number of hydrogen-bond donors (Lipinski definition) is 1. The van der Waals surface area contributed by atoms with Crippen molar-refractivity contribution in [3.05, 3.63) is 107 Å². The molecule has 19 nitrogen and oxygen atoms in total. The molecule has 1 saturated heterocycles. The lowest BCUT2D eigenvalue weighted by Gasteiger charge is -2.27. The largest absolute Gasteiger partial charge is 0.456 e. The Morgan fingerprint density at radius 2 is 1.30 bits per heavy atom. The molecule has 1 N–H and O–H groups in total. The van der Waals surface area contributed by atoms with E-state index in [4.69, 9.17) is 47.1 Å². The van der Waals surface area contributed by atoms with E-state index < -0.39 is 33.3 Å². The van der Waals surface area contributed by atoms with Gasteiger partial charge in [-0.3, -0.25) is 14.1 Å². The second kappa shape index (κ2) is 31.1. The van der Waals surface area contributed by atoms with Crippen molar-refractivity contribution in [1.82, 2.24) is 9.64 Å². The summed E-state index contributed by atoms with van der Waals surface area (Å²) in [4.78, 5) is 43.4. The Balaban J connectivity index is 1.25. The molecule has 420 valence electrons. The van der Waals surface area contributed by atoms with Crippen LogP contribution in [0.2, 0.25) is 0 Å². The third kappa shape index (κ3) is 17.9. The minimum atomic E-state index is -4.49.